The minimum atomic E-state index is -0.229. The first kappa shape index (κ1) is 16.1. The largest absolute Gasteiger partial charge is 0.346 e. The number of carbonyl (C=O) groups is 1. The van der Waals surface area contributed by atoms with Crippen molar-refractivity contribution in [2.45, 2.75) is 43.9 Å². The zero-order valence-electron chi connectivity index (χ0n) is 14.4. The van der Waals surface area contributed by atoms with Crippen LogP contribution in [-0.2, 0) is 6.54 Å². The standard InChI is InChI=1S/C17H18N8O2/c26-17(14-8-18-27-22-14)19-13-7-12-4-5-15(13)25(12)9-10-2-1-3-11(6-10)16-20-23-24-21-16/h1-3,6,8,12-13,15H,4-5,7,9H2,(H,19,26)(H,20,21,23,24)/t12-,13-,15+/m1/s1. The van der Waals surface area contributed by atoms with E-state index in [9.17, 15) is 4.79 Å². The van der Waals surface area contributed by atoms with Gasteiger partial charge in [0.15, 0.2) is 5.69 Å². The number of fused-ring (bicyclic) bond motifs is 2. The topological polar surface area (TPSA) is 126 Å². The van der Waals surface area contributed by atoms with E-state index in [0.29, 0.717) is 17.9 Å². The van der Waals surface area contributed by atoms with Crippen molar-refractivity contribution in [3.8, 4) is 11.4 Å². The SMILES string of the molecule is O=C(N[C@@H]1C[C@H]2CC[C@@H]1N2Cc1cccc(-c2nn[nH]n2)c1)c1cnon1. The average molecular weight is 366 g/mol. The third-order valence-corrected chi connectivity index (χ3v) is 5.49. The molecule has 0 unspecified atom stereocenters. The number of amides is 1. The zero-order valence-corrected chi connectivity index (χ0v) is 14.4. The van der Waals surface area contributed by atoms with Crippen LogP contribution in [0.5, 0.6) is 0 Å². The lowest BCUT2D eigenvalue weighted by Crippen LogP contribution is -2.43. The monoisotopic (exact) mass is 366 g/mol. The first-order valence-electron chi connectivity index (χ1n) is 8.95. The Morgan fingerprint density at radius 1 is 1.37 bits per heavy atom. The number of nitrogens with zero attached hydrogens (tertiary/aromatic N) is 6. The van der Waals surface area contributed by atoms with Gasteiger partial charge < -0.3 is 5.32 Å². The molecule has 2 saturated heterocycles. The van der Waals surface area contributed by atoms with Crippen LogP contribution in [0.15, 0.2) is 35.1 Å². The maximum atomic E-state index is 12.3. The molecule has 10 heteroatoms. The summed E-state index contributed by atoms with van der Waals surface area (Å²) in [6, 6.07) is 9.11. The molecule has 10 nitrogen and oxygen atoms in total. The number of hydrogen-bond donors (Lipinski definition) is 2. The second-order valence-electron chi connectivity index (χ2n) is 7.01. The number of rotatable bonds is 5. The molecule has 27 heavy (non-hydrogen) atoms. The van der Waals surface area contributed by atoms with Crippen molar-refractivity contribution >= 4 is 5.91 Å². The van der Waals surface area contributed by atoms with E-state index in [1.807, 2.05) is 12.1 Å². The molecule has 2 aliphatic rings. The van der Waals surface area contributed by atoms with Crippen LogP contribution in [0.25, 0.3) is 11.4 Å². The maximum absolute atomic E-state index is 12.3. The van der Waals surface area contributed by atoms with Crippen LogP contribution in [-0.4, -0.2) is 59.9 Å². The molecule has 0 radical (unpaired) electrons. The molecule has 2 N–H and O–H groups in total. The molecule has 2 aromatic heterocycles. The van der Waals surface area contributed by atoms with Crippen LogP contribution in [0.2, 0.25) is 0 Å². The second-order valence-corrected chi connectivity index (χ2v) is 7.01. The van der Waals surface area contributed by atoms with Gasteiger partial charge in [0.25, 0.3) is 5.91 Å². The number of hydrogen-bond acceptors (Lipinski definition) is 8. The highest BCUT2D eigenvalue weighted by atomic mass is 16.6. The number of benzene rings is 1. The van der Waals surface area contributed by atoms with E-state index in [0.717, 1.165) is 31.4 Å². The highest BCUT2D eigenvalue weighted by molar-refractivity contribution is 5.92. The molecule has 138 valence electrons. The Morgan fingerprint density at radius 3 is 3.15 bits per heavy atom. The average Bonchev–Trinajstić information content (AvgIpc) is 3.48. The summed E-state index contributed by atoms with van der Waals surface area (Å²) in [5.74, 6) is 0.362. The number of tetrazole rings is 1. The van der Waals surface area contributed by atoms with Crippen molar-refractivity contribution in [1.82, 2.24) is 41.2 Å². The summed E-state index contributed by atoms with van der Waals surface area (Å²) < 4.78 is 4.52. The highest BCUT2D eigenvalue weighted by Crippen LogP contribution is 2.39. The van der Waals surface area contributed by atoms with Gasteiger partial charge in [0.2, 0.25) is 5.82 Å². The molecule has 2 fully saturated rings. The summed E-state index contributed by atoms with van der Waals surface area (Å²) >= 11 is 0. The van der Waals surface area contributed by atoms with Gasteiger partial charge in [-0.2, -0.15) is 5.21 Å². The lowest BCUT2D eigenvalue weighted by atomic mass is 9.95. The fourth-order valence-corrected chi connectivity index (χ4v) is 4.31. The van der Waals surface area contributed by atoms with E-state index in [-0.39, 0.29) is 17.6 Å². The van der Waals surface area contributed by atoms with Crippen molar-refractivity contribution in [2.24, 2.45) is 0 Å². The lowest BCUT2D eigenvalue weighted by molar-refractivity contribution is 0.0915. The smallest absolute Gasteiger partial charge is 0.275 e. The van der Waals surface area contributed by atoms with Crippen molar-refractivity contribution in [3.05, 3.63) is 41.7 Å². The maximum Gasteiger partial charge on any atom is 0.275 e. The van der Waals surface area contributed by atoms with E-state index in [4.69, 9.17) is 0 Å². The number of nitrogens with one attached hydrogen (secondary N) is 2. The van der Waals surface area contributed by atoms with E-state index >= 15 is 0 Å². The zero-order chi connectivity index (χ0) is 18.2. The molecule has 3 atom stereocenters. The molecule has 2 bridgehead atoms. The van der Waals surface area contributed by atoms with Gasteiger partial charge in [-0.1, -0.05) is 23.4 Å². The highest BCUT2D eigenvalue weighted by Gasteiger charge is 2.46. The molecular weight excluding hydrogens is 348 g/mol. The summed E-state index contributed by atoms with van der Waals surface area (Å²) in [5, 5.41) is 24.4. The predicted molar refractivity (Wildman–Crippen MR) is 92.1 cm³/mol. The van der Waals surface area contributed by atoms with Crippen LogP contribution < -0.4 is 5.32 Å². The van der Waals surface area contributed by atoms with Crippen molar-refractivity contribution in [1.29, 1.82) is 0 Å². The molecule has 0 saturated carbocycles. The summed E-state index contributed by atoms with van der Waals surface area (Å²) in [4.78, 5) is 14.8. The minimum Gasteiger partial charge on any atom is -0.346 e. The van der Waals surface area contributed by atoms with E-state index in [2.05, 4.69) is 57.9 Å². The summed E-state index contributed by atoms with van der Waals surface area (Å²) in [6.07, 6.45) is 4.53. The lowest BCUT2D eigenvalue weighted by Gasteiger charge is -2.25. The number of aromatic amines is 1. The summed E-state index contributed by atoms with van der Waals surface area (Å²) in [6.45, 7) is 0.832. The predicted octanol–water partition coefficient (Wildman–Crippen LogP) is 0.785. The fourth-order valence-electron chi connectivity index (χ4n) is 4.31. The van der Waals surface area contributed by atoms with Gasteiger partial charge in [-0.05, 0) is 41.3 Å². The minimum absolute atomic E-state index is 0.119. The first-order valence-corrected chi connectivity index (χ1v) is 8.95. The van der Waals surface area contributed by atoms with Crippen molar-refractivity contribution < 1.29 is 9.42 Å². The first-order chi connectivity index (χ1) is 13.3. The van der Waals surface area contributed by atoms with Crippen LogP contribution in [0, 0.1) is 0 Å². The molecule has 1 amide bonds. The number of H-pyrrole nitrogens is 1. The summed E-state index contributed by atoms with van der Waals surface area (Å²) in [7, 11) is 0. The van der Waals surface area contributed by atoms with Gasteiger partial charge in [-0.25, -0.2) is 4.63 Å². The van der Waals surface area contributed by atoms with Crippen LogP contribution >= 0.6 is 0 Å². The molecule has 2 aliphatic heterocycles. The normalized spacial score (nSPS) is 24.4. The van der Waals surface area contributed by atoms with Crippen LogP contribution in [0.3, 0.4) is 0 Å². The van der Waals surface area contributed by atoms with Gasteiger partial charge in [-0.15, -0.1) is 10.2 Å². The van der Waals surface area contributed by atoms with Crippen molar-refractivity contribution in [3.63, 3.8) is 0 Å². The number of carbonyl (C=O) groups excluding carboxylic acids is 1. The number of aromatic nitrogens is 6. The van der Waals surface area contributed by atoms with Crippen molar-refractivity contribution in [2.75, 3.05) is 0 Å². The Bertz CT molecular complexity index is 926. The summed E-state index contributed by atoms with van der Waals surface area (Å²) in [5.41, 5.74) is 2.36. The Labute approximate surface area is 154 Å². The van der Waals surface area contributed by atoms with E-state index in [1.165, 1.54) is 11.8 Å². The third kappa shape index (κ3) is 2.97. The van der Waals surface area contributed by atoms with Crippen LogP contribution in [0.1, 0.15) is 35.3 Å². The van der Waals surface area contributed by atoms with Gasteiger partial charge in [-0.3, -0.25) is 9.69 Å². The van der Waals surface area contributed by atoms with Gasteiger partial charge in [0.05, 0.1) is 0 Å². The van der Waals surface area contributed by atoms with Gasteiger partial charge >= 0.3 is 0 Å². The molecule has 0 aliphatic carbocycles. The van der Waals surface area contributed by atoms with Gasteiger partial charge in [0, 0.05) is 30.2 Å². The Morgan fingerprint density at radius 2 is 2.33 bits per heavy atom. The fraction of sp³-hybridized carbons (Fsp3) is 0.412. The Hall–Kier alpha value is -3.14. The molecular formula is C17H18N8O2. The van der Waals surface area contributed by atoms with E-state index < -0.39 is 0 Å². The quantitative estimate of drug-likeness (QED) is 0.679. The van der Waals surface area contributed by atoms with Gasteiger partial charge in [0.1, 0.15) is 6.20 Å². The Kier molecular flexibility index (Phi) is 3.89. The molecule has 0 spiro atoms. The van der Waals surface area contributed by atoms with Crippen LogP contribution in [0.4, 0.5) is 0 Å². The van der Waals surface area contributed by atoms with E-state index in [1.54, 1.807) is 0 Å². The second kappa shape index (κ2) is 6.54. The Balaban J connectivity index is 1.29. The molecule has 4 heterocycles. The molecule has 3 aromatic rings. The third-order valence-electron chi connectivity index (χ3n) is 5.49. The molecule has 5 rings (SSSR count). The molecule has 1 aromatic carbocycles.